The minimum Gasteiger partial charge on any atom is -0.459 e. The van der Waals surface area contributed by atoms with Crippen molar-refractivity contribution in [3.8, 4) is 6.07 Å². The summed E-state index contributed by atoms with van der Waals surface area (Å²) in [5.41, 5.74) is 0. The van der Waals surface area contributed by atoms with E-state index in [0.29, 0.717) is 0 Å². The number of furan rings is 1. The van der Waals surface area contributed by atoms with Gasteiger partial charge in [-0.05, 0) is 18.1 Å². The van der Waals surface area contributed by atoms with Gasteiger partial charge in [-0.1, -0.05) is 13.8 Å². The third kappa shape index (κ3) is 2.36. The second kappa shape index (κ2) is 4.47. The van der Waals surface area contributed by atoms with Crippen LogP contribution < -0.4 is 5.32 Å². The lowest BCUT2D eigenvalue weighted by atomic mass is 10.1. The molecule has 1 heterocycles. The van der Waals surface area contributed by atoms with Gasteiger partial charge in [0.1, 0.15) is 6.04 Å². The van der Waals surface area contributed by atoms with Gasteiger partial charge in [-0.15, -0.1) is 0 Å². The monoisotopic (exact) mass is 192 g/mol. The van der Waals surface area contributed by atoms with E-state index < -0.39 is 6.04 Å². The maximum atomic E-state index is 11.4. The molecule has 1 atom stereocenters. The van der Waals surface area contributed by atoms with Gasteiger partial charge in [-0.3, -0.25) is 4.79 Å². The van der Waals surface area contributed by atoms with Gasteiger partial charge in [0, 0.05) is 0 Å². The first-order valence-electron chi connectivity index (χ1n) is 4.39. The Bertz CT molecular complexity index is 336. The summed E-state index contributed by atoms with van der Waals surface area (Å²) in [6.45, 7) is 3.74. The first-order chi connectivity index (χ1) is 6.65. The third-order valence-corrected chi connectivity index (χ3v) is 1.84. The van der Waals surface area contributed by atoms with E-state index >= 15 is 0 Å². The number of nitrogens with zero attached hydrogens (tertiary/aromatic N) is 1. The quantitative estimate of drug-likeness (QED) is 0.790. The molecular weight excluding hydrogens is 180 g/mol. The van der Waals surface area contributed by atoms with Crippen molar-refractivity contribution in [3.05, 3.63) is 24.2 Å². The number of hydrogen-bond acceptors (Lipinski definition) is 3. The van der Waals surface area contributed by atoms with Crippen LogP contribution in [-0.4, -0.2) is 11.9 Å². The van der Waals surface area contributed by atoms with Crippen molar-refractivity contribution in [2.24, 2.45) is 5.92 Å². The maximum Gasteiger partial charge on any atom is 0.288 e. The zero-order valence-electron chi connectivity index (χ0n) is 8.15. The Balaban J connectivity index is 2.61. The molecule has 1 rings (SSSR count). The molecule has 14 heavy (non-hydrogen) atoms. The van der Waals surface area contributed by atoms with Gasteiger partial charge >= 0.3 is 0 Å². The fraction of sp³-hybridized carbons (Fsp3) is 0.400. The highest BCUT2D eigenvalue weighted by Crippen LogP contribution is 2.04. The van der Waals surface area contributed by atoms with Crippen LogP contribution in [-0.2, 0) is 0 Å². The SMILES string of the molecule is CC(C)C(C#N)NC(=O)c1ccco1. The van der Waals surface area contributed by atoms with E-state index in [-0.39, 0.29) is 17.6 Å². The van der Waals surface area contributed by atoms with Gasteiger partial charge in [0.15, 0.2) is 5.76 Å². The van der Waals surface area contributed by atoms with Crippen molar-refractivity contribution in [1.82, 2.24) is 5.32 Å². The smallest absolute Gasteiger partial charge is 0.288 e. The van der Waals surface area contributed by atoms with Crippen molar-refractivity contribution in [1.29, 1.82) is 5.26 Å². The molecule has 0 bridgehead atoms. The second-order valence-electron chi connectivity index (χ2n) is 3.30. The summed E-state index contributed by atoms with van der Waals surface area (Å²) in [7, 11) is 0. The standard InChI is InChI=1S/C10H12N2O2/c1-7(2)8(6-11)12-10(13)9-4-3-5-14-9/h3-5,7-8H,1-2H3,(H,12,13). The summed E-state index contributed by atoms with van der Waals surface area (Å²) in [6.07, 6.45) is 1.42. The molecule has 1 amide bonds. The lowest BCUT2D eigenvalue weighted by Gasteiger charge is -2.13. The number of carbonyl (C=O) groups excluding carboxylic acids is 1. The van der Waals surface area contributed by atoms with Crippen LogP contribution in [0.1, 0.15) is 24.4 Å². The van der Waals surface area contributed by atoms with Gasteiger partial charge in [0.25, 0.3) is 5.91 Å². The summed E-state index contributed by atoms with van der Waals surface area (Å²) in [6, 6.07) is 4.73. The topological polar surface area (TPSA) is 66.0 Å². The Labute approximate surface area is 82.5 Å². The van der Waals surface area contributed by atoms with E-state index in [1.165, 1.54) is 6.26 Å². The number of rotatable bonds is 3. The summed E-state index contributed by atoms with van der Waals surface area (Å²) in [4.78, 5) is 11.4. The van der Waals surface area contributed by atoms with E-state index in [1.54, 1.807) is 12.1 Å². The van der Waals surface area contributed by atoms with E-state index in [0.717, 1.165) is 0 Å². The van der Waals surface area contributed by atoms with Gasteiger partial charge in [-0.2, -0.15) is 5.26 Å². The molecule has 0 saturated heterocycles. The van der Waals surface area contributed by atoms with Gasteiger partial charge in [0.05, 0.1) is 12.3 Å². The van der Waals surface area contributed by atoms with E-state index in [9.17, 15) is 4.79 Å². The zero-order chi connectivity index (χ0) is 10.6. The van der Waals surface area contributed by atoms with E-state index in [1.807, 2.05) is 19.9 Å². The molecule has 0 spiro atoms. The summed E-state index contributed by atoms with van der Waals surface area (Å²) in [5, 5.41) is 11.3. The average Bonchev–Trinajstić information content (AvgIpc) is 2.65. The zero-order valence-corrected chi connectivity index (χ0v) is 8.15. The van der Waals surface area contributed by atoms with Crippen LogP contribution in [0.25, 0.3) is 0 Å². The number of nitrogens with one attached hydrogen (secondary N) is 1. The molecule has 1 aromatic heterocycles. The van der Waals surface area contributed by atoms with Crippen LogP contribution in [0.4, 0.5) is 0 Å². The fourth-order valence-electron chi connectivity index (χ4n) is 0.968. The molecule has 0 aliphatic heterocycles. The first kappa shape index (κ1) is 10.3. The van der Waals surface area contributed by atoms with Gasteiger partial charge in [0.2, 0.25) is 0 Å². The Kier molecular flexibility index (Phi) is 3.29. The van der Waals surface area contributed by atoms with Crippen molar-refractivity contribution in [2.45, 2.75) is 19.9 Å². The van der Waals surface area contributed by atoms with Crippen LogP contribution in [0.5, 0.6) is 0 Å². The molecule has 0 radical (unpaired) electrons. The van der Waals surface area contributed by atoms with Crippen LogP contribution in [0.15, 0.2) is 22.8 Å². The number of amides is 1. The molecule has 0 fully saturated rings. The molecule has 1 N–H and O–H groups in total. The van der Waals surface area contributed by atoms with Crippen molar-refractivity contribution in [2.75, 3.05) is 0 Å². The molecule has 4 nitrogen and oxygen atoms in total. The minimum absolute atomic E-state index is 0.0823. The molecule has 0 aliphatic rings. The predicted octanol–water partition coefficient (Wildman–Crippen LogP) is 1.56. The minimum atomic E-state index is -0.479. The molecule has 0 aromatic carbocycles. The maximum absolute atomic E-state index is 11.4. The normalized spacial score (nSPS) is 12.1. The molecule has 74 valence electrons. The van der Waals surface area contributed by atoms with Crippen LogP contribution >= 0.6 is 0 Å². The third-order valence-electron chi connectivity index (χ3n) is 1.84. The molecule has 0 aliphatic carbocycles. The fourth-order valence-corrected chi connectivity index (χ4v) is 0.968. The molecule has 0 saturated carbocycles. The van der Waals surface area contributed by atoms with Crippen LogP contribution in [0, 0.1) is 17.2 Å². The van der Waals surface area contributed by atoms with E-state index in [2.05, 4.69) is 5.32 Å². The van der Waals surface area contributed by atoms with Crippen molar-refractivity contribution < 1.29 is 9.21 Å². The Morgan fingerprint density at radius 3 is 2.79 bits per heavy atom. The highest BCUT2D eigenvalue weighted by atomic mass is 16.3. The lowest BCUT2D eigenvalue weighted by Crippen LogP contribution is -2.37. The predicted molar refractivity (Wildman–Crippen MR) is 50.4 cm³/mol. The number of nitriles is 1. The summed E-state index contributed by atoms with van der Waals surface area (Å²) < 4.78 is 4.90. The van der Waals surface area contributed by atoms with Gasteiger partial charge in [-0.25, -0.2) is 0 Å². The Hall–Kier alpha value is -1.76. The molecule has 1 aromatic rings. The number of hydrogen-bond donors (Lipinski definition) is 1. The molecule has 1 unspecified atom stereocenters. The van der Waals surface area contributed by atoms with Crippen molar-refractivity contribution in [3.63, 3.8) is 0 Å². The Morgan fingerprint density at radius 2 is 2.36 bits per heavy atom. The van der Waals surface area contributed by atoms with E-state index in [4.69, 9.17) is 9.68 Å². The molecular formula is C10H12N2O2. The highest BCUT2D eigenvalue weighted by molar-refractivity contribution is 5.91. The summed E-state index contributed by atoms with van der Waals surface area (Å²) in [5.74, 6) is -0.0416. The lowest BCUT2D eigenvalue weighted by molar-refractivity contribution is 0.0909. The Morgan fingerprint density at radius 1 is 1.64 bits per heavy atom. The van der Waals surface area contributed by atoms with Crippen LogP contribution in [0.2, 0.25) is 0 Å². The largest absolute Gasteiger partial charge is 0.459 e. The molecule has 4 heteroatoms. The second-order valence-corrected chi connectivity index (χ2v) is 3.30. The summed E-state index contributed by atoms with van der Waals surface area (Å²) >= 11 is 0. The van der Waals surface area contributed by atoms with Gasteiger partial charge < -0.3 is 9.73 Å². The average molecular weight is 192 g/mol. The highest BCUT2D eigenvalue weighted by Gasteiger charge is 2.17. The van der Waals surface area contributed by atoms with Crippen LogP contribution in [0.3, 0.4) is 0 Å². The number of carbonyl (C=O) groups is 1. The first-order valence-corrected chi connectivity index (χ1v) is 4.39. The van der Waals surface area contributed by atoms with Crippen molar-refractivity contribution >= 4 is 5.91 Å².